The number of carbonyl (C=O) groups excluding carboxylic acids is 2. The molecule has 4 heteroatoms. The first-order valence-corrected chi connectivity index (χ1v) is 7.50. The molecule has 1 N–H and O–H groups in total. The van der Waals surface area contributed by atoms with Crippen LogP contribution in [0.25, 0.3) is 10.9 Å². The van der Waals surface area contributed by atoms with E-state index in [9.17, 15) is 9.59 Å². The maximum atomic E-state index is 12.5. The summed E-state index contributed by atoms with van der Waals surface area (Å²) in [7, 11) is 0. The van der Waals surface area contributed by atoms with E-state index in [1.165, 1.54) is 0 Å². The first-order valence-electron chi connectivity index (χ1n) is 7.50. The molecular formula is C17H20N2O2. The lowest BCUT2D eigenvalue weighted by Crippen LogP contribution is -2.38. The van der Waals surface area contributed by atoms with Crippen LogP contribution in [0, 0.1) is 5.92 Å². The number of H-pyrrole nitrogens is 1. The molecule has 0 bridgehead atoms. The predicted molar refractivity (Wildman–Crippen MR) is 82.2 cm³/mol. The summed E-state index contributed by atoms with van der Waals surface area (Å²) >= 11 is 0. The van der Waals surface area contributed by atoms with Gasteiger partial charge in [-0.25, -0.2) is 0 Å². The summed E-state index contributed by atoms with van der Waals surface area (Å²) in [5.41, 5.74) is 1.65. The molecule has 0 saturated carbocycles. The SMILES string of the molecule is CC(=O)CC1CCN(C(=O)c2cc3ccccc3[nH]2)CC1. The summed E-state index contributed by atoms with van der Waals surface area (Å²) in [5.74, 6) is 0.747. The highest BCUT2D eigenvalue weighted by Crippen LogP contribution is 2.23. The Bertz CT molecular complexity index is 633. The summed E-state index contributed by atoms with van der Waals surface area (Å²) in [6, 6.07) is 9.82. The van der Waals surface area contributed by atoms with Crippen LogP contribution in [0.3, 0.4) is 0 Å². The molecule has 21 heavy (non-hydrogen) atoms. The molecule has 1 saturated heterocycles. The maximum Gasteiger partial charge on any atom is 0.270 e. The van der Waals surface area contributed by atoms with E-state index in [0.29, 0.717) is 18.0 Å². The second-order valence-corrected chi connectivity index (χ2v) is 5.91. The lowest BCUT2D eigenvalue weighted by atomic mass is 9.92. The molecule has 1 aliphatic heterocycles. The third kappa shape index (κ3) is 2.99. The van der Waals surface area contributed by atoms with E-state index < -0.39 is 0 Å². The number of hydrogen-bond donors (Lipinski definition) is 1. The molecule has 0 radical (unpaired) electrons. The molecule has 0 unspecified atom stereocenters. The van der Waals surface area contributed by atoms with Crippen molar-refractivity contribution in [1.82, 2.24) is 9.88 Å². The van der Waals surface area contributed by atoms with Crippen molar-refractivity contribution >= 4 is 22.6 Å². The molecule has 0 spiro atoms. The van der Waals surface area contributed by atoms with Crippen LogP contribution >= 0.6 is 0 Å². The number of Topliss-reactive ketones (excluding diaryl/α,β-unsaturated/α-hetero) is 1. The Hall–Kier alpha value is -2.10. The van der Waals surface area contributed by atoms with Gasteiger partial charge in [-0.1, -0.05) is 18.2 Å². The average Bonchev–Trinajstić information content (AvgIpc) is 2.90. The standard InChI is InChI=1S/C17H20N2O2/c1-12(20)10-13-6-8-19(9-7-13)17(21)16-11-14-4-2-3-5-15(14)18-16/h2-5,11,13,18H,6-10H2,1H3. The Morgan fingerprint density at radius 3 is 2.62 bits per heavy atom. The zero-order valence-corrected chi connectivity index (χ0v) is 12.3. The summed E-state index contributed by atoms with van der Waals surface area (Å²) in [4.78, 5) is 28.8. The highest BCUT2D eigenvalue weighted by Gasteiger charge is 2.25. The van der Waals surface area contributed by atoms with E-state index in [0.717, 1.165) is 36.8 Å². The largest absolute Gasteiger partial charge is 0.351 e. The van der Waals surface area contributed by atoms with Crippen LogP contribution in [0.5, 0.6) is 0 Å². The van der Waals surface area contributed by atoms with Gasteiger partial charge in [0.05, 0.1) is 0 Å². The number of nitrogens with one attached hydrogen (secondary N) is 1. The molecule has 1 fully saturated rings. The van der Waals surface area contributed by atoms with Gasteiger partial charge in [0.1, 0.15) is 11.5 Å². The van der Waals surface area contributed by atoms with Crippen molar-refractivity contribution < 1.29 is 9.59 Å². The van der Waals surface area contributed by atoms with Gasteiger partial charge in [0, 0.05) is 30.4 Å². The quantitative estimate of drug-likeness (QED) is 0.942. The fourth-order valence-electron chi connectivity index (χ4n) is 3.11. The van der Waals surface area contributed by atoms with Crippen molar-refractivity contribution in [3.05, 3.63) is 36.0 Å². The van der Waals surface area contributed by atoms with E-state index in [2.05, 4.69) is 4.98 Å². The van der Waals surface area contributed by atoms with Gasteiger partial charge in [-0.15, -0.1) is 0 Å². The van der Waals surface area contributed by atoms with Crippen LogP contribution in [0.1, 0.15) is 36.7 Å². The van der Waals surface area contributed by atoms with Crippen molar-refractivity contribution in [3.63, 3.8) is 0 Å². The van der Waals surface area contributed by atoms with E-state index >= 15 is 0 Å². The van der Waals surface area contributed by atoms with Gasteiger partial charge in [0.15, 0.2) is 0 Å². The van der Waals surface area contributed by atoms with Crippen molar-refractivity contribution in [2.75, 3.05) is 13.1 Å². The third-order valence-electron chi connectivity index (χ3n) is 4.24. The number of rotatable bonds is 3. The van der Waals surface area contributed by atoms with Gasteiger partial charge >= 0.3 is 0 Å². The number of ketones is 1. The number of para-hydroxylation sites is 1. The van der Waals surface area contributed by atoms with Crippen molar-refractivity contribution in [2.24, 2.45) is 5.92 Å². The number of amides is 1. The molecule has 0 aliphatic carbocycles. The second kappa shape index (κ2) is 5.72. The van der Waals surface area contributed by atoms with E-state index in [1.54, 1.807) is 6.92 Å². The first kappa shape index (κ1) is 13.9. The number of piperidine rings is 1. The molecule has 0 atom stereocenters. The fourth-order valence-corrected chi connectivity index (χ4v) is 3.11. The number of carbonyl (C=O) groups is 2. The van der Waals surface area contributed by atoms with E-state index in [-0.39, 0.29) is 11.7 Å². The molecular weight excluding hydrogens is 264 g/mol. The Morgan fingerprint density at radius 1 is 1.24 bits per heavy atom. The van der Waals surface area contributed by atoms with Gasteiger partial charge < -0.3 is 14.7 Å². The van der Waals surface area contributed by atoms with Crippen LogP contribution in [0.15, 0.2) is 30.3 Å². The normalized spacial score (nSPS) is 16.3. The van der Waals surface area contributed by atoms with Crippen molar-refractivity contribution in [1.29, 1.82) is 0 Å². The second-order valence-electron chi connectivity index (χ2n) is 5.91. The molecule has 1 aromatic heterocycles. The third-order valence-corrected chi connectivity index (χ3v) is 4.24. The van der Waals surface area contributed by atoms with Crippen LogP contribution in [0.2, 0.25) is 0 Å². The van der Waals surface area contributed by atoms with Crippen LogP contribution in [-0.4, -0.2) is 34.7 Å². The molecule has 2 heterocycles. The predicted octanol–water partition coefficient (Wildman–Crippen LogP) is 3.00. The molecule has 1 amide bonds. The van der Waals surface area contributed by atoms with Crippen molar-refractivity contribution in [3.8, 4) is 0 Å². The van der Waals surface area contributed by atoms with Gasteiger partial charge in [-0.05, 0) is 37.8 Å². The zero-order valence-electron chi connectivity index (χ0n) is 12.3. The summed E-state index contributed by atoms with van der Waals surface area (Å²) in [6.45, 7) is 3.13. The topological polar surface area (TPSA) is 53.2 Å². The van der Waals surface area contributed by atoms with Gasteiger partial charge in [0.25, 0.3) is 5.91 Å². The van der Waals surface area contributed by atoms with Crippen molar-refractivity contribution in [2.45, 2.75) is 26.2 Å². The molecule has 110 valence electrons. The Morgan fingerprint density at radius 2 is 1.95 bits per heavy atom. The summed E-state index contributed by atoms with van der Waals surface area (Å²) in [5, 5.41) is 1.06. The Labute approximate surface area is 124 Å². The number of benzene rings is 1. The monoisotopic (exact) mass is 284 g/mol. The minimum absolute atomic E-state index is 0.0625. The van der Waals surface area contributed by atoms with Crippen LogP contribution < -0.4 is 0 Å². The van der Waals surface area contributed by atoms with Crippen LogP contribution in [0.4, 0.5) is 0 Å². The number of aromatic nitrogens is 1. The minimum atomic E-state index is 0.0625. The summed E-state index contributed by atoms with van der Waals surface area (Å²) < 4.78 is 0. The lowest BCUT2D eigenvalue weighted by molar-refractivity contribution is -0.118. The van der Waals surface area contributed by atoms with E-state index in [4.69, 9.17) is 0 Å². The first-order chi connectivity index (χ1) is 10.1. The zero-order chi connectivity index (χ0) is 14.8. The Balaban J connectivity index is 1.67. The van der Waals surface area contributed by atoms with Gasteiger partial charge in [-0.3, -0.25) is 4.79 Å². The number of aromatic amines is 1. The highest BCUT2D eigenvalue weighted by atomic mass is 16.2. The number of likely N-dealkylation sites (tertiary alicyclic amines) is 1. The number of hydrogen-bond acceptors (Lipinski definition) is 2. The molecule has 2 aromatic rings. The Kier molecular flexibility index (Phi) is 3.78. The maximum absolute atomic E-state index is 12.5. The number of nitrogens with zero attached hydrogens (tertiary/aromatic N) is 1. The average molecular weight is 284 g/mol. The molecule has 3 rings (SSSR count). The number of fused-ring (bicyclic) bond motifs is 1. The lowest BCUT2D eigenvalue weighted by Gasteiger charge is -2.31. The molecule has 1 aromatic carbocycles. The molecule has 1 aliphatic rings. The van der Waals surface area contributed by atoms with E-state index in [1.807, 2.05) is 35.2 Å². The fraction of sp³-hybridized carbons (Fsp3) is 0.412. The summed E-state index contributed by atoms with van der Waals surface area (Å²) in [6.07, 6.45) is 2.49. The molecule has 4 nitrogen and oxygen atoms in total. The highest BCUT2D eigenvalue weighted by molar-refractivity contribution is 5.98. The van der Waals surface area contributed by atoms with Gasteiger partial charge in [-0.2, -0.15) is 0 Å². The smallest absolute Gasteiger partial charge is 0.270 e. The van der Waals surface area contributed by atoms with Gasteiger partial charge in [0.2, 0.25) is 0 Å². The minimum Gasteiger partial charge on any atom is -0.351 e. The van der Waals surface area contributed by atoms with Crippen LogP contribution in [-0.2, 0) is 4.79 Å².